The van der Waals surface area contributed by atoms with Crippen LogP contribution >= 0.6 is 11.6 Å². The molecular formula is C11H16ClNO. The third-order valence-corrected chi connectivity index (χ3v) is 2.86. The van der Waals surface area contributed by atoms with Gasteiger partial charge in [-0.05, 0) is 49.9 Å². The monoisotopic (exact) mass is 213 g/mol. The Labute approximate surface area is 89.7 Å². The van der Waals surface area contributed by atoms with Crippen LogP contribution in [0.15, 0.2) is 6.07 Å². The zero-order valence-corrected chi connectivity index (χ0v) is 9.36. The summed E-state index contributed by atoms with van der Waals surface area (Å²) in [7, 11) is 0. The fourth-order valence-corrected chi connectivity index (χ4v) is 1.74. The van der Waals surface area contributed by atoms with Crippen molar-refractivity contribution >= 4 is 11.6 Å². The maximum Gasteiger partial charge on any atom is 0.137 e. The summed E-state index contributed by atoms with van der Waals surface area (Å²) in [5.74, 6) is 0.220. The van der Waals surface area contributed by atoms with E-state index in [1.54, 1.807) is 0 Å². The summed E-state index contributed by atoms with van der Waals surface area (Å²) in [5, 5.41) is 10.3. The first-order valence-corrected chi connectivity index (χ1v) is 5.13. The molecule has 0 fully saturated rings. The first kappa shape index (κ1) is 11.3. The Morgan fingerprint density at radius 2 is 2.00 bits per heavy atom. The van der Waals surface area contributed by atoms with Gasteiger partial charge >= 0.3 is 0 Å². The van der Waals surface area contributed by atoms with Crippen LogP contribution in [0.3, 0.4) is 0 Å². The molecule has 0 unspecified atom stereocenters. The molecule has 1 aromatic carbocycles. The Kier molecular flexibility index (Phi) is 3.78. The van der Waals surface area contributed by atoms with Gasteiger partial charge < -0.3 is 10.8 Å². The fourth-order valence-electron chi connectivity index (χ4n) is 1.58. The highest BCUT2D eigenvalue weighted by atomic mass is 35.5. The number of phenolic OH excluding ortho intramolecular Hbond substituents is 1. The minimum absolute atomic E-state index is 0.220. The molecule has 3 N–H and O–H groups in total. The van der Waals surface area contributed by atoms with Gasteiger partial charge in [-0.1, -0.05) is 17.7 Å². The summed E-state index contributed by atoms with van der Waals surface area (Å²) in [6.45, 7) is 4.50. The third kappa shape index (κ3) is 2.20. The molecule has 0 aromatic heterocycles. The number of hydrogen-bond acceptors (Lipinski definition) is 2. The van der Waals surface area contributed by atoms with Crippen LogP contribution in [0.25, 0.3) is 0 Å². The van der Waals surface area contributed by atoms with E-state index in [4.69, 9.17) is 17.3 Å². The summed E-state index contributed by atoms with van der Waals surface area (Å²) in [5.41, 5.74) is 8.35. The summed E-state index contributed by atoms with van der Waals surface area (Å²) in [6, 6.07) is 1.99. The highest BCUT2D eigenvalue weighted by Gasteiger charge is 2.11. The molecule has 1 aromatic rings. The number of benzene rings is 1. The van der Waals surface area contributed by atoms with Crippen molar-refractivity contribution in [3.8, 4) is 5.75 Å². The first-order valence-electron chi connectivity index (χ1n) is 4.75. The molecule has 0 saturated heterocycles. The average molecular weight is 214 g/mol. The lowest BCUT2D eigenvalue weighted by molar-refractivity contribution is 0.466. The molecule has 0 saturated carbocycles. The SMILES string of the molecule is Cc1cc(C)c(CCCN)c(O)c1Cl. The van der Waals surface area contributed by atoms with E-state index in [1.165, 1.54) is 0 Å². The van der Waals surface area contributed by atoms with Gasteiger partial charge in [0.05, 0.1) is 5.02 Å². The number of hydrogen-bond donors (Lipinski definition) is 2. The van der Waals surface area contributed by atoms with Crippen LogP contribution in [0, 0.1) is 13.8 Å². The van der Waals surface area contributed by atoms with E-state index in [0.717, 1.165) is 29.5 Å². The number of aromatic hydroxyl groups is 1. The minimum Gasteiger partial charge on any atom is -0.506 e. The van der Waals surface area contributed by atoms with E-state index in [-0.39, 0.29) is 5.75 Å². The molecule has 78 valence electrons. The van der Waals surface area contributed by atoms with Crippen LogP contribution in [0.4, 0.5) is 0 Å². The lowest BCUT2D eigenvalue weighted by atomic mass is 10.00. The molecule has 0 heterocycles. The number of aryl methyl sites for hydroxylation is 2. The van der Waals surface area contributed by atoms with Crippen LogP contribution in [-0.2, 0) is 6.42 Å². The maximum atomic E-state index is 9.81. The van der Waals surface area contributed by atoms with Gasteiger partial charge in [0.1, 0.15) is 5.75 Å². The molecule has 0 amide bonds. The molecule has 0 aliphatic heterocycles. The van der Waals surface area contributed by atoms with E-state index in [2.05, 4.69) is 0 Å². The first-order chi connectivity index (χ1) is 6.57. The highest BCUT2D eigenvalue weighted by Crippen LogP contribution is 2.33. The zero-order chi connectivity index (χ0) is 10.7. The normalized spacial score (nSPS) is 10.6. The molecule has 0 spiro atoms. The molecule has 0 radical (unpaired) electrons. The largest absolute Gasteiger partial charge is 0.506 e. The van der Waals surface area contributed by atoms with Gasteiger partial charge in [0, 0.05) is 0 Å². The minimum atomic E-state index is 0.220. The smallest absolute Gasteiger partial charge is 0.137 e. The Hall–Kier alpha value is -0.730. The fraction of sp³-hybridized carbons (Fsp3) is 0.455. The van der Waals surface area contributed by atoms with E-state index in [0.29, 0.717) is 11.6 Å². The second kappa shape index (κ2) is 4.67. The quantitative estimate of drug-likeness (QED) is 0.811. The number of nitrogens with two attached hydrogens (primary N) is 1. The maximum absolute atomic E-state index is 9.81. The van der Waals surface area contributed by atoms with Gasteiger partial charge in [0.2, 0.25) is 0 Å². The van der Waals surface area contributed by atoms with Crippen molar-refractivity contribution in [1.82, 2.24) is 0 Å². The number of halogens is 1. The molecule has 1 rings (SSSR count). The predicted molar refractivity (Wildman–Crippen MR) is 60.0 cm³/mol. The van der Waals surface area contributed by atoms with Crippen molar-refractivity contribution in [2.24, 2.45) is 5.73 Å². The van der Waals surface area contributed by atoms with Gasteiger partial charge in [-0.3, -0.25) is 0 Å². The Morgan fingerprint density at radius 1 is 1.36 bits per heavy atom. The Balaban J connectivity index is 3.09. The van der Waals surface area contributed by atoms with E-state index in [1.807, 2.05) is 19.9 Å². The van der Waals surface area contributed by atoms with Gasteiger partial charge in [-0.15, -0.1) is 0 Å². The average Bonchev–Trinajstić information content (AvgIpc) is 2.14. The molecule has 2 nitrogen and oxygen atoms in total. The molecule has 0 atom stereocenters. The van der Waals surface area contributed by atoms with Crippen LogP contribution in [0.5, 0.6) is 5.75 Å². The van der Waals surface area contributed by atoms with Crippen molar-refractivity contribution in [1.29, 1.82) is 0 Å². The topological polar surface area (TPSA) is 46.2 Å². The molecule has 0 aliphatic carbocycles. The van der Waals surface area contributed by atoms with Crippen molar-refractivity contribution < 1.29 is 5.11 Å². The van der Waals surface area contributed by atoms with Crippen LogP contribution in [-0.4, -0.2) is 11.7 Å². The summed E-state index contributed by atoms with van der Waals surface area (Å²) in [6.07, 6.45) is 1.65. The summed E-state index contributed by atoms with van der Waals surface area (Å²) in [4.78, 5) is 0. The molecule has 3 heteroatoms. The van der Waals surface area contributed by atoms with Crippen molar-refractivity contribution in [2.75, 3.05) is 6.54 Å². The van der Waals surface area contributed by atoms with Gasteiger partial charge in [0.15, 0.2) is 0 Å². The van der Waals surface area contributed by atoms with Crippen molar-refractivity contribution in [3.05, 3.63) is 27.8 Å². The summed E-state index contributed by atoms with van der Waals surface area (Å²) < 4.78 is 0. The van der Waals surface area contributed by atoms with Crippen molar-refractivity contribution in [3.63, 3.8) is 0 Å². The van der Waals surface area contributed by atoms with E-state index < -0.39 is 0 Å². The molecule has 0 aliphatic rings. The zero-order valence-electron chi connectivity index (χ0n) is 8.60. The lowest BCUT2D eigenvalue weighted by Gasteiger charge is -2.11. The number of rotatable bonds is 3. The predicted octanol–water partition coefficient (Wildman–Crippen LogP) is 2.55. The van der Waals surface area contributed by atoms with Gasteiger partial charge in [-0.25, -0.2) is 0 Å². The summed E-state index contributed by atoms with van der Waals surface area (Å²) >= 11 is 5.95. The van der Waals surface area contributed by atoms with Crippen LogP contribution in [0.1, 0.15) is 23.1 Å². The van der Waals surface area contributed by atoms with Crippen LogP contribution in [0.2, 0.25) is 5.02 Å². The Bertz CT molecular complexity index is 337. The molecule has 0 bridgehead atoms. The number of phenols is 1. The third-order valence-electron chi connectivity index (χ3n) is 2.38. The van der Waals surface area contributed by atoms with E-state index in [9.17, 15) is 5.11 Å². The van der Waals surface area contributed by atoms with Gasteiger partial charge in [-0.2, -0.15) is 0 Å². The standard InChI is InChI=1S/C11H16ClNO/c1-7-6-8(2)10(12)11(14)9(7)4-3-5-13/h6,14H,3-5,13H2,1-2H3. The second-order valence-corrected chi connectivity index (χ2v) is 3.92. The second-order valence-electron chi connectivity index (χ2n) is 3.54. The molecule has 14 heavy (non-hydrogen) atoms. The van der Waals surface area contributed by atoms with Crippen LogP contribution < -0.4 is 5.73 Å². The highest BCUT2D eigenvalue weighted by molar-refractivity contribution is 6.32. The lowest BCUT2D eigenvalue weighted by Crippen LogP contribution is -2.02. The van der Waals surface area contributed by atoms with Crippen molar-refractivity contribution in [2.45, 2.75) is 26.7 Å². The van der Waals surface area contributed by atoms with E-state index >= 15 is 0 Å². The Morgan fingerprint density at radius 3 is 2.57 bits per heavy atom. The molecular weight excluding hydrogens is 198 g/mol. The van der Waals surface area contributed by atoms with Gasteiger partial charge in [0.25, 0.3) is 0 Å².